The van der Waals surface area contributed by atoms with Crippen molar-refractivity contribution in [2.24, 2.45) is 0 Å². The highest BCUT2D eigenvalue weighted by atomic mass is 32.2. The fourth-order valence-electron chi connectivity index (χ4n) is 5.34. The molecular weight excluding hydrogens is 486 g/mol. The molecule has 0 spiro atoms. The number of anilines is 1. The van der Waals surface area contributed by atoms with Crippen LogP contribution in [0.5, 0.6) is 17.2 Å². The Kier molecular flexibility index (Phi) is 7.51. The Bertz CT molecular complexity index is 1280. The number of hydrogen-bond acceptors (Lipinski definition) is 6. The van der Waals surface area contributed by atoms with Gasteiger partial charge in [-0.05, 0) is 67.2 Å². The molecule has 0 amide bonds. The second-order valence-corrected chi connectivity index (χ2v) is 10.7. The number of benzene rings is 3. The van der Waals surface area contributed by atoms with Gasteiger partial charge in [-0.1, -0.05) is 24.3 Å². The molecule has 0 aliphatic carbocycles. The summed E-state index contributed by atoms with van der Waals surface area (Å²) in [4.78, 5) is 11.1. The zero-order chi connectivity index (χ0) is 25.9. The van der Waals surface area contributed by atoms with Gasteiger partial charge in [-0.15, -0.1) is 0 Å². The monoisotopic (exact) mass is 519 g/mol. The molecule has 2 aliphatic heterocycles. The van der Waals surface area contributed by atoms with Crippen molar-refractivity contribution in [3.8, 4) is 28.4 Å². The van der Waals surface area contributed by atoms with E-state index in [1.54, 1.807) is 0 Å². The number of aliphatic carboxylic acids is 1. The second kappa shape index (κ2) is 11.0. The number of aryl methyl sites for hydroxylation is 2. The molecule has 6 nitrogen and oxygen atoms in total. The van der Waals surface area contributed by atoms with Gasteiger partial charge in [0.25, 0.3) is 0 Å². The van der Waals surface area contributed by atoms with Crippen LogP contribution in [0.4, 0.5) is 5.69 Å². The first-order valence-corrected chi connectivity index (χ1v) is 14.1. The maximum absolute atomic E-state index is 11.1. The predicted octanol–water partition coefficient (Wildman–Crippen LogP) is 6.60. The Morgan fingerprint density at radius 1 is 1.08 bits per heavy atom. The summed E-state index contributed by atoms with van der Waals surface area (Å²) in [5.41, 5.74) is 7.63. The maximum Gasteiger partial charge on any atom is 0.304 e. The molecule has 0 saturated heterocycles. The van der Waals surface area contributed by atoms with Gasteiger partial charge in [0.2, 0.25) is 0 Å². The molecule has 5 rings (SSSR count). The fourth-order valence-corrected chi connectivity index (χ4v) is 5.74. The van der Waals surface area contributed by atoms with E-state index in [1.165, 1.54) is 16.7 Å². The first-order valence-electron chi connectivity index (χ1n) is 12.7. The molecule has 3 aromatic carbocycles. The van der Waals surface area contributed by atoms with Gasteiger partial charge < -0.3 is 24.6 Å². The number of fused-ring (bicyclic) bond motifs is 2. The zero-order valence-corrected chi connectivity index (χ0v) is 22.3. The summed E-state index contributed by atoms with van der Waals surface area (Å²) in [6.45, 7) is 5.92. The molecular formula is C30H33NO5S. The number of hydrogen-bond donors (Lipinski definition) is 2. The van der Waals surface area contributed by atoms with Crippen LogP contribution in [-0.2, 0) is 4.79 Å². The van der Waals surface area contributed by atoms with Gasteiger partial charge in [-0.2, -0.15) is 11.8 Å². The van der Waals surface area contributed by atoms with Crippen molar-refractivity contribution in [3.05, 3.63) is 70.8 Å². The molecule has 37 heavy (non-hydrogen) atoms. The van der Waals surface area contributed by atoms with E-state index in [9.17, 15) is 4.79 Å². The van der Waals surface area contributed by atoms with Crippen LogP contribution < -0.4 is 19.5 Å². The molecule has 2 atom stereocenters. The predicted molar refractivity (Wildman–Crippen MR) is 149 cm³/mol. The Hall–Kier alpha value is -3.32. The molecule has 2 aliphatic rings. The standard InChI is InChI=1S/C30H33NO5S/c1-18-12-22(34-10-5-11-37-3)13-19(2)29(18)25-7-4-6-24-26(17-36-30(24)25)31-21-8-9-23-20(14-28(32)33)16-35-27(23)15-21/h4,6-9,12-13,15,20,26,31H,5,10-11,14,16-17H2,1-3H3,(H,32,33)/t20-,26-/m1/s1. The Balaban J connectivity index is 1.35. The van der Waals surface area contributed by atoms with Gasteiger partial charge in [-0.3, -0.25) is 4.79 Å². The van der Waals surface area contributed by atoms with Crippen LogP contribution in [0.1, 0.15) is 47.1 Å². The number of rotatable bonds is 10. The van der Waals surface area contributed by atoms with E-state index in [2.05, 4.69) is 55.8 Å². The first kappa shape index (κ1) is 25.3. The average molecular weight is 520 g/mol. The summed E-state index contributed by atoms with van der Waals surface area (Å²) in [5, 5.41) is 12.7. The summed E-state index contributed by atoms with van der Waals surface area (Å²) in [6, 6.07) is 16.5. The van der Waals surface area contributed by atoms with Gasteiger partial charge in [0, 0.05) is 34.4 Å². The highest BCUT2D eigenvalue weighted by molar-refractivity contribution is 7.98. The molecule has 2 N–H and O–H groups in total. The van der Waals surface area contributed by atoms with Crippen LogP contribution in [0.3, 0.4) is 0 Å². The topological polar surface area (TPSA) is 77.0 Å². The van der Waals surface area contributed by atoms with E-state index < -0.39 is 5.97 Å². The number of carbonyl (C=O) groups is 1. The highest BCUT2D eigenvalue weighted by Crippen LogP contribution is 2.45. The fraction of sp³-hybridized carbons (Fsp3) is 0.367. The minimum atomic E-state index is -0.807. The Morgan fingerprint density at radius 2 is 1.89 bits per heavy atom. The molecule has 0 saturated carbocycles. The summed E-state index contributed by atoms with van der Waals surface area (Å²) in [6.07, 6.45) is 3.23. The van der Waals surface area contributed by atoms with Crippen LogP contribution in [0.2, 0.25) is 0 Å². The SMILES string of the molecule is CSCCCOc1cc(C)c(-c2cccc3c2OC[C@H]3Nc2ccc3c(c2)OC[C@H]3CC(=O)O)c(C)c1. The third-order valence-electron chi connectivity index (χ3n) is 7.01. The van der Waals surface area contributed by atoms with E-state index >= 15 is 0 Å². The summed E-state index contributed by atoms with van der Waals surface area (Å²) in [7, 11) is 0. The normalized spacial score (nSPS) is 17.5. The number of para-hydroxylation sites is 1. The number of carboxylic acid groups (broad SMARTS) is 1. The van der Waals surface area contributed by atoms with Gasteiger partial charge in [0.1, 0.15) is 23.9 Å². The second-order valence-electron chi connectivity index (χ2n) is 9.72. The molecule has 0 bridgehead atoms. The van der Waals surface area contributed by atoms with Crippen LogP contribution in [0, 0.1) is 13.8 Å². The summed E-state index contributed by atoms with van der Waals surface area (Å²) < 4.78 is 18.1. The van der Waals surface area contributed by atoms with Crippen LogP contribution >= 0.6 is 11.8 Å². The summed E-state index contributed by atoms with van der Waals surface area (Å²) in [5.74, 6) is 2.78. The minimum absolute atomic E-state index is 0.00359. The molecule has 194 valence electrons. The molecule has 0 radical (unpaired) electrons. The number of nitrogens with one attached hydrogen (secondary N) is 1. The smallest absolute Gasteiger partial charge is 0.304 e. The molecule has 0 aromatic heterocycles. The van der Waals surface area contributed by atoms with Crippen molar-refractivity contribution in [3.63, 3.8) is 0 Å². The Morgan fingerprint density at radius 3 is 2.65 bits per heavy atom. The van der Waals surface area contributed by atoms with E-state index in [-0.39, 0.29) is 18.4 Å². The Labute approximate surface area is 222 Å². The summed E-state index contributed by atoms with van der Waals surface area (Å²) >= 11 is 1.84. The van der Waals surface area contributed by atoms with Crippen molar-refractivity contribution in [2.75, 3.05) is 37.1 Å². The zero-order valence-electron chi connectivity index (χ0n) is 21.5. The number of thioether (sulfide) groups is 1. The largest absolute Gasteiger partial charge is 0.494 e. The average Bonchev–Trinajstić information content (AvgIpc) is 3.45. The lowest BCUT2D eigenvalue weighted by Crippen LogP contribution is -2.11. The van der Waals surface area contributed by atoms with E-state index in [1.807, 2.05) is 30.0 Å². The molecule has 0 unspecified atom stereocenters. The van der Waals surface area contributed by atoms with Crippen molar-refractivity contribution in [1.29, 1.82) is 0 Å². The molecule has 0 fully saturated rings. The number of carboxylic acids is 1. The van der Waals surface area contributed by atoms with Crippen molar-refractivity contribution in [1.82, 2.24) is 0 Å². The van der Waals surface area contributed by atoms with Crippen LogP contribution in [-0.4, -0.2) is 42.9 Å². The van der Waals surface area contributed by atoms with Gasteiger partial charge >= 0.3 is 5.97 Å². The van der Waals surface area contributed by atoms with Gasteiger partial charge in [-0.25, -0.2) is 0 Å². The lowest BCUT2D eigenvalue weighted by atomic mass is 9.92. The minimum Gasteiger partial charge on any atom is -0.494 e. The van der Waals surface area contributed by atoms with E-state index in [0.717, 1.165) is 58.4 Å². The highest BCUT2D eigenvalue weighted by Gasteiger charge is 2.30. The lowest BCUT2D eigenvalue weighted by molar-refractivity contribution is -0.137. The van der Waals surface area contributed by atoms with Crippen LogP contribution in [0.15, 0.2) is 48.5 Å². The third kappa shape index (κ3) is 5.37. The molecule has 2 heterocycles. The quantitative estimate of drug-likeness (QED) is 0.292. The third-order valence-corrected chi connectivity index (χ3v) is 7.70. The van der Waals surface area contributed by atoms with Crippen molar-refractivity contribution < 1.29 is 24.1 Å². The molecule has 3 aromatic rings. The lowest BCUT2D eigenvalue weighted by Gasteiger charge is -2.17. The van der Waals surface area contributed by atoms with E-state index in [0.29, 0.717) is 13.2 Å². The number of ether oxygens (including phenoxy) is 3. The van der Waals surface area contributed by atoms with Gasteiger partial charge in [0.05, 0.1) is 25.7 Å². The van der Waals surface area contributed by atoms with Gasteiger partial charge in [0.15, 0.2) is 0 Å². The first-order chi connectivity index (χ1) is 17.9. The maximum atomic E-state index is 11.1. The molecule has 7 heteroatoms. The van der Waals surface area contributed by atoms with Crippen molar-refractivity contribution in [2.45, 2.75) is 38.6 Å². The van der Waals surface area contributed by atoms with Crippen molar-refractivity contribution >= 4 is 23.4 Å². The van der Waals surface area contributed by atoms with E-state index in [4.69, 9.17) is 19.3 Å². The van der Waals surface area contributed by atoms with Crippen LogP contribution in [0.25, 0.3) is 11.1 Å².